The summed E-state index contributed by atoms with van der Waals surface area (Å²) in [6.45, 7) is 7.84. The molecule has 2 aliphatic rings. The Morgan fingerprint density at radius 3 is 2.06 bits per heavy atom. The Bertz CT molecular complexity index is 256. The Morgan fingerprint density at radius 2 is 1.56 bits per heavy atom. The van der Waals surface area contributed by atoms with E-state index in [4.69, 9.17) is 4.74 Å². The van der Waals surface area contributed by atoms with Crippen LogP contribution in [0.4, 0.5) is 0 Å². The van der Waals surface area contributed by atoms with Gasteiger partial charge in [0.25, 0.3) is 0 Å². The summed E-state index contributed by atoms with van der Waals surface area (Å²) < 4.78 is 6.13. The van der Waals surface area contributed by atoms with Crippen LogP contribution in [0.5, 0.6) is 0 Å². The molecule has 2 unspecified atom stereocenters. The van der Waals surface area contributed by atoms with Crippen molar-refractivity contribution >= 4 is 0 Å². The molecule has 0 radical (unpaired) electrons. The SMILES string of the molecule is CC(C)(C)CCOC1CC2CC/C=C/CC[C@H]2C1. The van der Waals surface area contributed by atoms with Crippen LogP contribution in [0.1, 0.15) is 65.7 Å². The third-order valence-corrected chi connectivity index (χ3v) is 4.58. The number of ether oxygens (including phenoxy) is 1. The van der Waals surface area contributed by atoms with Crippen LogP contribution in [0, 0.1) is 17.3 Å². The van der Waals surface area contributed by atoms with Crippen LogP contribution in [-0.4, -0.2) is 12.7 Å². The van der Waals surface area contributed by atoms with Gasteiger partial charge in [0.1, 0.15) is 0 Å². The maximum atomic E-state index is 6.13. The van der Waals surface area contributed by atoms with E-state index >= 15 is 0 Å². The molecule has 0 aromatic heterocycles. The summed E-state index contributed by atoms with van der Waals surface area (Å²) in [4.78, 5) is 0. The van der Waals surface area contributed by atoms with Gasteiger partial charge in [-0.3, -0.25) is 0 Å². The van der Waals surface area contributed by atoms with Gasteiger partial charge in [-0.25, -0.2) is 0 Å². The Kier molecular flexibility index (Phi) is 4.89. The maximum Gasteiger partial charge on any atom is 0.0580 e. The molecule has 0 aliphatic heterocycles. The highest BCUT2D eigenvalue weighted by atomic mass is 16.5. The van der Waals surface area contributed by atoms with Gasteiger partial charge in [-0.1, -0.05) is 32.9 Å². The minimum atomic E-state index is 0.407. The summed E-state index contributed by atoms with van der Waals surface area (Å²) in [6, 6.07) is 0. The Balaban J connectivity index is 1.74. The largest absolute Gasteiger partial charge is 0.378 e. The first-order chi connectivity index (χ1) is 8.54. The molecular formula is C17H30O. The lowest BCUT2D eigenvalue weighted by atomic mass is 9.86. The second kappa shape index (κ2) is 6.23. The van der Waals surface area contributed by atoms with Gasteiger partial charge in [0.05, 0.1) is 6.10 Å². The zero-order valence-corrected chi connectivity index (χ0v) is 12.5. The fourth-order valence-corrected chi connectivity index (χ4v) is 3.39. The minimum Gasteiger partial charge on any atom is -0.378 e. The molecule has 0 bridgehead atoms. The van der Waals surface area contributed by atoms with Crippen LogP contribution >= 0.6 is 0 Å². The quantitative estimate of drug-likeness (QED) is 0.643. The average Bonchev–Trinajstić information content (AvgIpc) is 2.58. The van der Waals surface area contributed by atoms with Crippen molar-refractivity contribution in [1.29, 1.82) is 0 Å². The molecule has 0 amide bonds. The molecule has 18 heavy (non-hydrogen) atoms. The van der Waals surface area contributed by atoms with Crippen molar-refractivity contribution in [2.75, 3.05) is 6.61 Å². The molecule has 0 saturated heterocycles. The Hall–Kier alpha value is -0.300. The molecular weight excluding hydrogens is 220 g/mol. The van der Waals surface area contributed by atoms with Crippen molar-refractivity contribution < 1.29 is 4.74 Å². The zero-order valence-electron chi connectivity index (χ0n) is 12.5. The van der Waals surface area contributed by atoms with Crippen molar-refractivity contribution in [1.82, 2.24) is 0 Å². The first-order valence-corrected chi connectivity index (χ1v) is 7.81. The Labute approximate surface area is 113 Å². The highest BCUT2D eigenvalue weighted by Gasteiger charge is 2.34. The van der Waals surface area contributed by atoms with Crippen molar-refractivity contribution in [3.05, 3.63) is 12.2 Å². The molecule has 3 atom stereocenters. The first-order valence-electron chi connectivity index (χ1n) is 7.81. The van der Waals surface area contributed by atoms with Crippen LogP contribution in [0.25, 0.3) is 0 Å². The van der Waals surface area contributed by atoms with Gasteiger partial charge in [0, 0.05) is 6.61 Å². The van der Waals surface area contributed by atoms with Gasteiger partial charge in [-0.15, -0.1) is 0 Å². The molecule has 0 heterocycles. The predicted octanol–water partition coefficient (Wildman–Crippen LogP) is 4.96. The highest BCUT2D eigenvalue weighted by molar-refractivity contribution is 4.92. The van der Waals surface area contributed by atoms with Crippen LogP contribution in [0.2, 0.25) is 0 Å². The Morgan fingerprint density at radius 1 is 1.00 bits per heavy atom. The van der Waals surface area contributed by atoms with Gasteiger partial charge in [-0.05, 0) is 62.2 Å². The summed E-state index contributed by atoms with van der Waals surface area (Å²) >= 11 is 0. The third-order valence-electron chi connectivity index (χ3n) is 4.58. The summed E-state index contributed by atoms with van der Waals surface area (Å²) in [7, 11) is 0. The highest BCUT2D eigenvalue weighted by Crippen LogP contribution is 2.40. The van der Waals surface area contributed by atoms with Gasteiger partial charge in [0.15, 0.2) is 0 Å². The number of hydrogen-bond acceptors (Lipinski definition) is 1. The number of allylic oxidation sites excluding steroid dienone is 2. The molecule has 0 aromatic rings. The molecule has 1 fully saturated rings. The lowest BCUT2D eigenvalue weighted by molar-refractivity contribution is 0.0382. The molecule has 0 spiro atoms. The van der Waals surface area contributed by atoms with Gasteiger partial charge < -0.3 is 4.74 Å². The zero-order chi connectivity index (χ0) is 13.0. The topological polar surface area (TPSA) is 9.23 Å². The number of hydrogen-bond donors (Lipinski definition) is 0. The minimum absolute atomic E-state index is 0.407. The van der Waals surface area contributed by atoms with E-state index in [-0.39, 0.29) is 0 Å². The fraction of sp³-hybridized carbons (Fsp3) is 0.882. The summed E-state index contributed by atoms with van der Waals surface area (Å²) in [5.41, 5.74) is 0.407. The van der Waals surface area contributed by atoms with Crippen molar-refractivity contribution in [3.63, 3.8) is 0 Å². The van der Waals surface area contributed by atoms with Crippen LogP contribution in [-0.2, 0) is 4.74 Å². The second-order valence-corrected chi connectivity index (χ2v) is 7.42. The van der Waals surface area contributed by atoms with E-state index in [0.717, 1.165) is 18.4 Å². The first kappa shape index (κ1) is 14.1. The van der Waals surface area contributed by atoms with E-state index in [1.807, 2.05) is 0 Å². The molecule has 0 N–H and O–H groups in total. The average molecular weight is 250 g/mol. The van der Waals surface area contributed by atoms with Crippen LogP contribution in [0.15, 0.2) is 12.2 Å². The van der Waals surface area contributed by atoms with E-state index in [9.17, 15) is 0 Å². The molecule has 1 nitrogen and oxygen atoms in total. The molecule has 104 valence electrons. The van der Waals surface area contributed by atoms with Gasteiger partial charge in [0.2, 0.25) is 0 Å². The fourth-order valence-electron chi connectivity index (χ4n) is 3.39. The molecule has 2 rings (SSSR count). The predicted molar refractivity (Wildman–Crippen MR) is 77.6 cm³/mol. The van der Waals surface area contributed by atoms with Crippen molar-refractivity contribution in [2.45, 2.75) is 71.8 Å². The molecule has 2 aliphatic carbocycles. The maximum absolute atomic E-state index is 6.13. The van der Waals surface area contributed by atoms with Crippen molar-refractivity contribution in [3.8, 4) is 0 Å². The third kappa shape index (κ3) is 4.42. The monoisotopic (exact) mass is 250 g/mol. The smallest absolute Gasteiger partial charge is 0.0580 e. The standard InChI is InChI=1S/C17H30O/c1-17(2,3)10-11-18-16-12-14-8-6-4-5-7-9-15(14)13-16/h4-5,14-16H,6-13H2,1-3H3/b5-4+/t14-,15?,16?/m0/s1. The second-order valence-electron chi connectivity index (χ2n) is 7.42. The number of fused-ring (bicyclic) bond motifs is 1. The van der Waals surface area contributed by atoms with E-state index in [0.29, 0.717) is 11.5 Å². The van der Waals surface area contributed by atoms with Crippen molar-refractivity contribution in [2.24, 2.45) is 17.3 Å². The van der Waals surface area contributed by atoms with Gasteiger partial charge >= 0.3 is 0 Å². The van der Waals surface area contributed by atoms with Crippen LogP contribution < -0.4 is 0 Å². The van der Waals surface area contributed by atoms with E-state index in [1.165, 1.54) is 44.9 Å². The summed E-state index contributed by atoms with van der Waals surface area (Å²) in [5.74, 6) is 1.88. The molecule has 1 heteroatoms. The van der Waals surface area contributed by atoms with Gasteiger partial charge in [-0.2, -0.15) is 0 Å². The molecule has 1 saturated carbocycles. The lowest BCUT2D eigenvalue weighted by Gasteiger charge is -2.20. The van der Waals surface area contributed by atoms with E-state index in [1.54, 1.807) is 0 Å². The number of rotatable bonds is 3. The summed E-state index contributed by atoms with van der Waals surface area (Å²) in [5, 5.41) is 0. The van der Waals surface area contributed by atoms with E-state index in [2.05, 4.69) is 32.9 Å². The van der Waals surface area contributed by atoms with Crippen LogP contribution in [0.3, 0.4) is 0 Å². The van der Waals surface area contributed by atoms with E-state index < -0.39 is 0 Å². The summed E-state index contributed by atoms with van der Waals surface area (Å²) in [6.07, 6.45) is 14.5. The lowest BCUT2D eigenvalue weighted by Crippen LogP contribution is -2.15. The molecule has 0 aromatic carbocycles. The normalized spacial score (nSPS) is 34.7.